The van der Waals surface area contributed by atoms with Crippen LogP contribution in [0.2, 0.25) is 5.02 Å². The number of aromatic nitrogens is 1. The Morgan fingerprint density at radius 2 is 1.24 bits per heavy atom. The minimum Gasteiger partial charge on any atom is -0.264 e. The standard InChI is InChI=1S/C10H8ClNO2S.C9H8N2O2S/c11-9-5-1-4-8-7(9)3-2-6-10(8)15(12,13)14;10-14(12,13)9-3-1-2-7-6-11-5-4-8(7)9/h1-6H,(H2,12,13,14);1-6H,(H2,10,12,13). The number of hydrogen-bond acceptors (Lipinski definition) is 5. The van der Waals surface area contributed by atoms with Gasteiger partial charge in [0.1, 0.15) is 0 Å². The summed E-state index contributed by atoms with van der Waals surface area (Å²) in [6, 6.07) is 16.5. The number of primary sulfonamides is 2. The first-order valence-electron chi connectivity index (χ1n) is 8.14. The predicted molar refractivity (Wildman–Crippen MR) is 113 cm³/mol. The number of sulfonamides is 2. The molecule has 0 fully saturated rings. The van der Waals surface area contributed by atoms with Crippen LogP contribution in [0.15, 0.2) is 82.8 Å². The molecule has 0 unspecified atom stereocenters. The lowest BCUT2D eigenvalue weighted by atomic mass is 10.1. The highest BCUT2D eigenvalue weighted by Crippen LogP contribution is 2.27. The Kier molecular flexibility index (Phi) is 5.87. The van der Waals surface area contributed by atoms with Gasteiger partial charge in [0.2, 0.25) is 20.0 Å². The van der Waals surface area contributed by atoms with Gasteiger partial charge in [-0.2, -0.15) is 0 Å². The normalized spacial score (nSPS) is 11.8. The molecule has 0 radical (unpaired) electrons. The van der Waals surface area contributed by atoms with E-state index in [4.69, 9.17) is 21.9 Å². The maximum Gasteiger partial charge on any atom is 0.238 e. The lowest BCUT2D eigenvalue weighted by Gasteiger charge is -2.04. The molecule has 0 bridgehead atoms. The molecule has 4 rings (SSSR count). The third-order valence-electron chi connectivity index (χ3n) is 4.08. The average Bonchev–Trinajstić information content (AvgIpc) is 2.66. The molecular weight excluding hydrogens is 434 g/mol. The fourth-order valence-corrected chi connectivity index (χ4v) is 4.58. The quantitative estimate of drug-likeness (QED) is 0.485. The number of fused-ring (bicyclic) bond motifs is 2. The fraction of sp³-hybridized carbons (Fsp3) is 0. The molecule has 4 aromatic rings. The molecule has 29 heavy (non-hydrogen) atoms. The largest absolute Gasteiger partial charge is 0.264 e. The van der Waals surface area contributed by atoms with Crippen LogP contribution < -0.4 is 10.3 Å². The van der Waals surface area contributed by atoms with E-state index in [1.807, 2.05) is 0 Å². The maximum atomic E-state index is 11.3. The van der Waals surface area contributed by atoms with Crippen LogP contribution in [0.5, 0.6) is 0 Å². The summed E-state index contributed by atoms with van der Waals surface area (Å²) in [4.78, 5) is 4.14. The van der Waals surface area contributed by atoms with Crippen LogP contribution in [-0.4, -0.2) is 21.8 Å². The zero-order chi connectivity index (χ0) is 21.2. The zero-order valence-corrected chi connectivity index (χ0v) is 17.2. The molecule has 0 aliphatic carbocycles. The van der Waals surface area contributed by atoms with E-state index >= 15 is 0 Å². The van der Waals surface area contributed by atoms with Crippen molar-refractivity contribution in [2.45, 2.75) is 9.79 Å². The molecule has 10 heteroatoms. The maximum absolute atomic E-state index is 11.3. The second-order valence-corrected chi connectivity index (χ2v) is 9.50. The molecule has 1 aromatic heterocycles. The Bertz CT molecular complexity index is 1420. The monoisotopic (exact) mass is 449 g/mol. The Morgan fingerprint density at radius 1 is 0.690 bits per heavy atom. The number of nitrogens with zero attached hydrogens (tertiary/aromatic N) is 1. The molecule has 7 nitrogen and oxygen atoms in total. The van der Waals surface area contributed by atoms with E-state index in [1.165, 1.54) is 18.3 Å². The average molecular weight is 450 g/mol. The summed E-state index contributed by atoms with van der Waals surface area (Å²) < 4.78 is 45.0. The summed E-state index contributed by atoms with van der Waals surface area (Å²) in [5.74, 6) is 0. The first-order valence-corrected chi connectivity index (χ1v) is 11.6. The second-order valence-electron chi connectivity index (χ2n) is 6.03. The topological polar surface area (TPSA) is 133 Å². The molecule has 0 aliphatic heterocycles. The number of pyridine rings is 1. The highest BCUT2D eigenvalue weighted by Gasteiger charge is 2.13. The van der Waals surface area contributed by atoms with Crippen molar-refractivity contribution in [3.63, 3.8) is 0 Å². The van der Waals surface area contributed by atoms with Gasteiger partial charge in [0.15, 0.2) is 0 Å². The molecule has 0 spiro atoms. The van der Waals surface area contributed by atoms with Crippen LogP contribution in [0.1, 0.15) is 0 Å². The summed E-state index contributed by atoms with van der Waals surface area (Å²) in [5.41, 5.74) is 0. The summed E-state index contributed by atoms with van der Waals surface area (Å²) >= 11 is 5.94. The first-order chi connectivity index (χ1) is 13.6. The minimum absolute atomic E-state index is 0.0995. The van der Waals surface area contributed by atoms with Gasteiger partial charge in [0.25, 0.3) is 0 Å². The molecule has 0 aliphatic rings. The third-order valence-corrected chi connectivity index (χ3v) is 6.35. The van der Waals surface area contributed by atoms with E-state index in [1.54, 1.807) is 54.7 Å². The summed E-state index contributed by atoms with van der Waals surface area (Å²) in [6.45, 7) is 0. The molecule has 150 valence electrons. The Balaban J connectivity index is 0.000000166. The van der Waals surface area contributed by atoms with Gasteiger partial charge in [-0.3, -0.25) is 4.98 Å². The molecule has 0 saturated heterocycles. The smallest absolute Gasteiger partial charge is 0.238 e. The Labute approximate surface area is 173 Å². The van der Waals surface area contributed by atoms with E-state index in [0.29, 0.717) is 21.2 Å². The van der Waals surface area contributed by atoms with E-state index in [9.17, 15) is 16.8 Å². The van der Waals surface area contributed by atoms with E-state index in [0.717, 1.165) is 5.39 Å². The number of halogens is 1. The fourth-order valence-electron chi connectivity index (χ4n) is 2.83. The van der Waals surface area contributed by atoms with Crippen molar-refractivity contribution in [2.24, 2.45) is 10.3 Å². The van der Waals surface area contributed by atoms with Crippen molar-refractivity contribution in [1.82, 2.24) is 4.98 Å². The van der Waals surface area contributed by atoms with Gasteiger partial charge >= 0.3 is 0 Å². The Morgan fingerprint density at radius 3 is 1.90 bits per heavy atom. The highest BCUT2D eigenvalue weighted by atomic mass is 35.5. The number of hydrogen-bond donors (Lipinski definition) is 2. The van der Waals surface area contributed by atoms with Crippen LogP contribution in [0.4, 0.5) is 0 Å². The Hall–Kier alpha value is -2.56. The van der Waals surface area contributed by atoms with Crippen LogP contribution in [-0.2, 0) is 20.0 Å². The van der Waals surface area contributed by atoms with E-state index in [-0.39, 0.29) is 9.79 Å². The highest BCUT2D eigenvalue weighted by molar-refractivity contribution is 7.89. The van der Waals surface area contributed by atoms with Crippen molar-refractivity contribution in [3.05, 3.63) is 78.1 Å². The molecule has 0 saturated carbocycles. The molecule has 0 amide bonds. The summed E-state index contributed by atoms with van der Waals surface area (Å²) in [7, 11) is -7.36. The molecule has 3 aromatic carbocycles. The molecule has 0 atom stereocenters. The second kappa shape index (κ2) is 8.05. The van der Waals surface area contributed by atoms with Gasteiger partial charge in [0.05, 0.1) is 9.79 Å². The molecule has 4 N–H and O–H groups in total. The number of rotatable bonds is 2. The van der Waals surface area contributed by atoms with Crippen LogP contribution >= 0.6 is 11.6 Å². The van der Waals surface area contributed by atoms with Crippen molar-refractivity contribution < 1.29 is 16.8 Å². The van der Waals surface area contributed by atoms with Gasteiger partial charge in [-0.25, -0.2) is 27.1 Å². The first kappa shape index (κ1) is 21.2. The molecular formula is C19H16ClN3O4S2. The SMILES string of the molecule is NS(=O)(=O)c1cccc2c(Cl)cccc12.NS(=O)(=O)c1cccc2cnccc12. The van der Waals surface area contributed by atoms with E-state index < -0.39 is 20.0 Å². The van der Waals surface area contributed by atoms with Crippen LogP contribution in [0, 0.1) is 0 Å². The molecule has 1 heterocycles. The lowest BCUT2D eigenvalue weighted by molar-refractivity contribution is 0.597. The van der Waals surface area contributed by atoms with Gasteiger partial charge in [-0.15, -0.1) is 0 Å². The van der Waals surface area contributed by atoms with Gasteiger partial charge in [-0.05, 0) is 24.3 Å². The van der Waals surface area contributed by atoms with E-state index in [2.05, 4.69) is 4.98 Å². The van der Waals surface area contributed by atoms with Crippen molar-refractivity contribution in [2.75, 3.05) is 0 Å². The van der Waals surface area contributed by atoms with Gasteiger partial charge < -0.3 is 0 Å². The minimum atomic E-state index is -3.70. The van der Waals surface area contributed by atoms with Crippen molar-refractivity contribution >= 4 is 53.2 Å². The summed E-state index contributed by atoms with van der Waals surface area (Å²) in [5, 5.41) is 13.3. The van der Waals surface area contributed by atoms with Crippen molar-refractivity contribution in [1.29, 1.82) is 0 Å². The van der Waals surface area contributed by atoms with Gasteiger partial charge in [0, 0.05) is 39.0 Å². The number of nitrogens with two attached hydrogens (primary N) is 2. The van der Waals surface area contributed by atoms with Crippen LogP contribution in [0.25, 0.3) is 21.5 Å². The van der Waals surface area contributed by atoms with Crippen molar-refractivity contribution in [3.8, 4) is 0 Å². The zero-order valence-electron chi connectivity index (χ0n) is 14.9. The lowest BCUT2D eigenvalue weighted by Crippen LogP contribution is -2.12. The number of benzene rings is 3. The van der Waals surface area contributed by atoms with Crippen LogP contribution in [0.3, 0.4) is 0 Å². The summed E-state index contributed by atoms with van der Waals surface area (Å²) in [6.07, 6.45) is 3.14. The predicted octanol–water partition coefficient (Wildman–Crippen LogP) is 3.02. The van der Waals surface area contributed by atoms with Gasteiger partial charge in [-0.1, -0.05) is 48.0 Å². The third kappa shape index (κ3) is 4.72.